The average Bonchev–Trinajstić information content (AvgIpc) is 3.01. The molecule has 1 aromatic heterocycles. The van der Waals surface area contributed by atoms with Crippen molar-refractivity contribution in [2.75, 3.05) is 13.1 Å². The molecule has 2 bridgehead atoms. The maximum Gasteiger partial charge on any atom is 0.312 e. The topological polar surface area (TPSA) is 53.5 Å². The molecule has 0 unspecified atom stereocenters. The molecule has 6 rings (SSSR count). The first-order valence-electron chi connectivity index (χ1n) is 8.76. The Morgan fingerprint density at radius 1 is 1.08 bits per heavy atom. The summed E-state index contributed by atoms with van der Waals surface area (Å²) in [6.07, 6.45) is 5.14. The van der Waals surface area contributed by atoms with E-state index in [1.165, 1.54) is 0 Å². The van der Waals surface area contributed by atoms with Crippen LogP contribution in [0.1, 0.15) is 24.3 Å². The molecule has 4 fully saturated rings. The van der Waals surface area contributed by atoms with E-state index < -0.39 is 0 Å². The van der Waals surface area contributed by atoms with Crippen molar-refractivity contribution >= 4 is 23.2 Å². The van der Waals surface area contributed by atoms with Crippen LogP contribution in [-0.2, 0) is 16.1 Å². The third-order valence-electron chi connectivity index (χ3n) is 5.83. The van der Waals surface area contributed by atoms with E-state index in [0.29, 0.717) is 19.6 Å². The van der Waals surface area contributed by atoms with Gasteiger partial charge in [-0.1, -0.05) is 30.3 Å². The average molecular weight is 353 g/mol. The summed E-state index contributed by atoms with van der Waals surface area (Å²) >= 11 is 1.58. The van der Waals surface area contributed by atoms with Crippen molar-refractivity contribution in [1.29, 1.82) is 0 Å². The molecule has 3 saturated carbocycles. The predicted octanol–water partition coefficient (Wildman–Crippen LogP) is 2.53. The van der Waals surface area contributed by atoms with Gasteiger partial charge in [-0.2, -0.15) is 0 Å². The number of amides is 2. The standard InChI is InChI=1S/C19H19N3O2S/c23-17-18(24)22(19-8-13(9-19)10-19)7-6-21(17)12-16-20-11-15(25-16)14-4-2-1-3-5-14/h1-5,11,13H,6-10,12H2. The van der Waals surface area contributed by atoms with Crippen LogP contribution >= 0.6 is 11.3 Å². The summed E-state index contributed by atoms with van der Waals surface area (Å²) in [5.41, 5.74) is 1.16. The summed E-state index contributed by atoms with van der Waals surface area (Å²) in [5, 5.41) is 0.874. The molecule has 3 aliphatic carbocycles. The number of aromatic nitrogens is 1. The van der Waals surface area contributed by atoms with Crippen molar-refractivity contribution in [1.82, 2.24) is 14.8 Å². The van der Waals surface area contributed by atoms with E-state index in [0.717, 1.165) is 40.6 Å². The molecule has 4 aliphatic rings. The van der Waals surface area contributed by atoms with Gasteiger partial charge in [0.2, 0.25) is 0 Å². The fraction of sp³-hybridized carbons (Fsp3) is 0.421. The van der Waals surface area contributed by atoms with Gasteiger partial charge in [-0.3, -0.25) is 9.59 Å². The van der Waals surface area contributed by atoms with Crippen LogP contribution in [0.5, 0.6) is 0 Å². The van der Waals surface area contributed by atoms with Crippen LogP contribution in [0.2, 0.25) is 0 Å². The van der Waals surface area contributed by atoms with Crippen LogP contribution in [0.15, 0.2) is 36.5 Å². The van der Waals surface area contributed by atoms with Gasteiger partial charge in [0.05, 0.1) is 11.4 Å². The Kier molecular flexibility index (Phi) is 3.25. The maximum absolute atomic E-state index is 12.5. The van der Waals surface area contributed by atoms with Crippen LogP contribution in [0.25, 0.3) is 10.4 Å². The largest absolute Gasteiger partial charge is 0.327 e. The number of benzene rings is 1. The first kappa shape index (κ1) is 15.1. The first-order chi connectivity index (χ1) is 12.1. The zero-order chi connectivity index (χ0) is 17.0. The first-order valence-corrected chi connectivity index (χ1v) is 9.57. The second kappa shape index (κ2) is 5.39. The number of carbonyl (C=O) groups excluding carboxylic acids is 2. The minimum absolute atomic E-state index is 0.0329. The lowest BCUT2D eigenvalue weighted by Gasteiger charge is -2.66. The van der Waals surface area contributed by atoms with Gasteiger partial charge in [-0.15, -0.1) is 11.3 Å². The number of carbonyl (C=O) groups is 2. The molecule has 1 aromatic carbocycles. The summed E-state index contributed by atoms with van der Waals surface area (Å²) < 4.78 is 0. The van der Waals surface area contributed by atoms with Crippen molar-refractivity contribution in [2.45, 2.75) is 31.3 Å². The maximum atomic E-state index is 12.5. The molecule has 0 atom stereocenters. The Bertz CT molecular complexity index is 830. The fourth-order valence-electron chi connectivity index (χ4n) is 4.32. The van der Waals surface area contributed by atoms with Crippen molar-refractivity contribution in [2.24, 2.45) is 5.92 Å². The Labute approximate surface area is 150 Å². The minimum atomic E-state index is -0.368. The molecular formula is C19H19N3O2S. The minimum Gasteiger partial charge on any atom is -0.327 e. The molecule has 0 N–H and O–H groups in total. The van der Waals surface area contributed by atoms with E-state index in [1.54, 1.807) is 16.2 Å². The van der Waals surface area contributed by atoms with E-state index in [9.17, 15) is 9.59 Å². The summed E-state index contributed by atoms with van der Waals surface area (Å²) in [6, 6.07) is 10.1. The highest BCUT2D eigenvalue weighted by Crippen LogP contribution is 2.60. The molecule has 1 aliphatic heterocycles. The quantitative estimate of drug-likeness (QED) is 0.794. The predicted molar refractivity (Wildman–Crippen MR) is 94.8 cm³/mol. The van der Waals surface area contributed by atoms with Gasteiger partial charge >= 0.3 is 11.8 Å². The summed E-state index contributed by atoms with van der Waals surface area (Å²) in [5.74, 6) is 0.115. The molecule has 2 amide bonds. The fourth-order valence-corrected chi connectivity index (χ4v) is 5.26. The van der Waals surface area contributed by atoms with Gasteiger partial charge in [0.15, 0.2) is 0 Å². The Hall–Kier alpha value is -2.21. The highest BCUT2D eigenvalue weighted by molar-refractivity contribution is 7.15. The Morgan fingerprint density at radius 3 is 2.52 bits per heavy atom. The van der Waals surface area contributed by atoms with Gasteiger partial charge in [-0.05, 0) is 30.7 Å². The molecule has 128 valence electrons. The Balaban J connectivity index is 1.28. The normalized spacial score (nSPS) is 27.9. The Morgan fingerprint density at radius 2 is 1.84 bits per heavy atom. The molecule has 6 heteroatoms. The molecule has 2 heterocycles. The third kappa shape index (κ3) is 2.31. The lowest BCUT2D eigenvalue weighted by atomic mass is 9.49. The van der Waals surface area contributed by atoms with E-state index in [1.807, 2.05) is 29.3 Å². The van der Waals surface area contributed by atoms with Gasteiger partial charge in [0.25, 0.3) is 0 Å². The summed E-state index contributed by atoms with van der Waals surface area (Å²) in [7, 11) is 0. The van der Waals surface area contributed by atoms with E-state index >= 15 is 0 Å². The smallest absolute Gasteiger partial charge is 0.312 e. The number of piperazine rings is 1. The van der Waals surface area contributed by atoms with Crippen molar-refractivity contribution in [3.63, 3.8) is 0 Å². The van der Waals surface area contributed by atoms with E-state index in [4.69, 9.17) is 0 Å². The highest BCUT2D eigenvalue weighted by Gasteiger charge is 2.62. The van der Waals surface area contributed by atoms with E-state index in [-0.39, 0.29) is 17.4 Å². The van der Waals surface area contributed by atoms with Gasteiger partial charge in [0, 0.05) is 24.8 Å². The molecule has 5 nitrogen and oxygen atoms in total. The van der Waals surface area contributed by atoms with Crippen molar-refractivity contribution in [3.8, 4) is 10.4 Å². The number of hydrogen-bond acceptors (Lipinski definition) is 4. The lowest BCUT2D eigenvalue weighted by molar-refractivity contribution is -0.186. The van der Waals surface area contributed by atoms with Gasteiger partial charge < -0.3 is 9.80 Å². The zero-order valence-corrected chi connectivity index (χ0v) is 14.7. The van der Waals surface area contributed by atoms with Gasteiger partial charge in [-0.25, -0.2) is 4.98 Å². The number of rotatable bonds is 4. The molecule has 1 saturated heterocycles. The second-order valence-corrected chi connectivity index (χ2v) is 8.49. The lowest BCUT2D eigenvalue weighted by Crippen LogP contribution is -2.73. The molecule has 2 aromatic rings. The van der Waals surface area contributed by atoms with Crippen LogP contribution in [0.4, 0.5) is 0 Å². The SMILES string of the molecule is O=C1C(=O)N(C23CC(C2)C3)CCN1Cc1ncc(-c2ccccc2)s1. The zero-order valence-electron chi connectivity index (χ0n) is 13.9. The summed E-state index contributed by atoms with van der Waals surface area (Å²) in [6.45, 7) is 1.69. The molecule has 0 spiro atoms. The van der Waals surface area contributed by atoms with Crippen molar-refractivity contribution < 1.29 is 9.59 Å². The summed E-state index contributed by atoms with van der Waals surface area (Å²) in [4.78, 5) is 34.1. The number of hydrogen-bond donors (Lipinski definition) is 0. The van der Waals surface area contributed by atoms with Crippen molar-refractivity contribution in [3.05, 3.63) is 41.5 Å². The second-order valence-electron chi connectivity index (χ2n) is 7.37. The van der Waals surface area contributed by atoms with Gasteiger partial charge in [0.1, 0.15) is 5.01 Å². The molecule has 25 heavy (non-hydrogen) atoms. The van der Waals surface area contributed by atoms with Crippen LogP contribution in [-0.4, -0.2) is 45.2 Å². The number of thiazole rings is 1. The molecule has 0 radical (unpaired) electrons. The van der Waals surface area contributed by atoms with Crippen LogP contribution in [0.3, 0.4) is 0 Å². The van der Waals surface area contributed by atoms with E-state index in [2.05, 4.69) is 17.1 Å². The monoisotopic (exact) mass is 353 g/mol. The van der Waals surface area contributed by atoms with Crippen LogP contribution in [0, 0.1) is 5.92 Å². The highest BCUT2D eigenvalue weighted by atomic mass is 32.1. The third-order valence-corrected chi connectivity index (χ3v) is 6.86. The van der Waals surface area contributed by atoms with Crippen LogP contribution < -0.4 is 0 Å². The number of nitrogens with zero attached hydrogens (tertiary/aromatic N) is 3. The molecular weight excluding hydrogens is 334 g/mol.